The van der Waals surface area contributed by atoms with E-state index in [9.17, 15) is 33.6 Å². The fourth-order valence-corrected chi connectivity index (χ4v) is 5.99. The third-order valence-electron chi connectivity index (χ3n) is 4.76. The summed E-state index contributed by atoms with van der Waals surface area (Å²) >= 11 is 0. The summed E-state index contributed by atoms with van der Waals surface area (Å²) in [7, 11) is -16.7. The lowest BCUT2D eigenvalue weighted by Gasteiger charge is -2.19. The van der Waals surface area contributed by atoms with Gasteiger partial charge in [0, 0.05) is 6.20 Å². The van der Waals surface area contributed by atoms with Gasteiger partial charge < -0.3 is 40.4 Å². The number of phosphoric acid groups is 3. The van der Waals surface area contributed by atoms with E-state index in [2.05, 4.69) is 43.8 Å². The average Bonchev–Trinajstić information content (AvgIpc) is 3.00. The van der Waals surface area contributed by atoms with Crippen molar-refractivity contribution in [1.29, 1.82) is 0 Å². The lowest BCUT2D eigenvalue weighted by atomic mass is 10.1. The molecule has 5 atom stereocenters. The van der Waals surface area contributed by atoms with E-state index in [1.54, 1.807) is 0 Å². The molecule has 0 spiro atoms. The molecule has 1 aliphatic carbocycles. The number of nitrogens with zero attached hydrogens (tertiary/aromatic N) is 3. The van der Waals surface area contributed by atoms with Crippen LogP contribution < -0.4 is 11.4 Å². The van der Waals surface area contributed by atoms with Crippen LogP contribution in [-0.4, -0.2) is 82.7 Å². The van der Waals surface area contributed by atoms with Crippen LogP contribution in [-0.2, 0) is 26.8 Å². The van der Waals surface area contributed by atoms with Crippen molar-refractivity contribution in [2.24, 2.45) is 0 Å². The number of anilines is 1. The molecule has 8 N–H and O–H groups in total. The molecule has 0 saturated heterocycles. The van der Waals surface area contributed by atoms with Crippen LogP contribution >= 0.6 is 23.5 Å². The third-order valence-corrected chi connectivity index (χ3v) is 8.55. The standard InChI is InChI=1S/C10H16N3O13P3.C6H15N/c11-7-1-2-13(10(16)12-7)6-3-5(8(14)9(6)15)4-24-28(20,21)26-29(22,23)25-27(17,18)19;1-4-7(5-2)6-3/h1-3,6,8-9,14-15H,4H2,(H,20,21)(H,22,23)(H2,11,12,16)(H2,17,18,19);4-6H2,1-3H3/t6-,8?,9?;/m1./s1. The summed E-state index contributed by atoms with van der Waals surface area (Å²) < 4.78 is 45.9. The molecule has 17 nitrogen and oxygen atoms in total. The fourth-order valence-electron chi connectivity index (χ4n) is 2.98. The Morgan fingerprint density at radius 1 is 1.03 bits per heavy atom. The first kappa shape index (κ1) is 32.7. The zero-order valence-electron chi connectivity index (χ0n) is 19.6. The SMILES string of the molecule is CCN(CC)CC.Nc1ccn([C@@H]2C=C(COP(=O)(O)OP(=O)(O)OP(=O)(O)O)C(O)C2O)c(=O)n1. The maximum Gasteiger partial charge on any atom is 0.490 e. The van der Waals surface area contributed by atoms with Crippen LogP contribution in [0.1, 0.15) is 26.8 Å². The van der Waals surface area contributed by atoms with Gasteiger partial charge in [0.05, 0.1) is 12.6 Å². The van der Waals surface area contributed by atoms with Gasteiger partial charge >= 0.3 is 29.2 Å². The largest absolute Gasteiger partial charge is 0.490 e. The molecular formula is C16H31N4O13P3. The first-order chi connectivity index (χ1) is 16.4. The van der Waals surface area contributed by atoms with Gasteiger partial charge in [0.1, 0.15) is 18.0 Å². The molecule has 1 aromatic rings. The minimum atomic E-state index is -5.69. The topological polar surface area (TPSA) is 264 Å². The molecule has 4 unspecified atom stereocenters. The summed E-state index contributed by atoms with van der Waals surface area (Å²) in [4.78, 5) is 53.0. The van der Waals surface area contributed by atoms with Crippen molar-refractivity contribution in [2.75, 3.05) is 32.0 Å². The molecule has 20 heteroatoms. The van der Waals surface area contributed by atoms with Crippen LogP contribution in [0.15, 0.2) is 28.7 Å². The average molecular weight is 580 g/mol. The van der Waals surface area contributed by atoms with E-state index < -0.39 is 54.0 Å². The lowest BCUT2D eigenvalue weighted by molar-refractivity contribution is 0.0270. The molecule has 0 saturated carbocycles. The van der Waals surface area contributed by atoms with Crippen molar-refractivity contribution in [2.45, 2.75) is 39.0 Å². The molecule has 36 heavy (non-hydrogen) atoms. The Kier molecular flexibility index (Phi) is 12.3. The van der Waals surface area contributed by atoms with Crippen molar-refractivity contribution >= 4 is 29.3 Å². The normalized spacial score (nSPS) is 23.4. The number of rotatable bonds is 11. The maximum absolute atomic E-state index is 11.9. The van der Waals surface area contributed by atoms with Crippen LogP contribution in [0, 0.1) is 0 Å². The minimum Gasteiger partial charge on any atom is -0.388 e. The van der Waals surface area contributed by atoms with Crippen LogP contribution in [0.5, 0.6) is 0 Å². The number of aliphatic hydroxyl groups is 2. The van der Waals surface area contributed by atoms with E-state index in [1.807, 2.05) is 0 Å². The molecule has 0 bridgehead atoms. The van der Waals surface area contributed by atoms with E-state index >= 15 is 0 Å². The quantitative estimate of drug-likeness (QED) is 0.131. The Morgan fingerprint density at radius 3 is 2.03 bits per heavy atom. The molecule has 208 valence electrons. The third kappa shape index (κ3) is 10.6. The van der Waals surface area contributed by atoms with Gasteiger partial charge in [-0.25, -0.2) is 18.5 Å². The number of phosphoric ester groups is 1. The smallest absolute Gasteiger partial charge is 0.388 e. The Bertz CT molecular complexity index is 1100. The summed E-state index contributed by atoms with van der Waals surface area (Å²) in [6, 6.07) is 0.100. The summed E-state index contributed by atoms with van der Waals surface area (Å²) in [5, 5.41) is 20.1. The number of nitrogens with two attached hydrogens (primary N) is 1. The van der Waals surface area contributed by atoms with Crippen LogP contribution in [0.25, 0.3) is 0 Å². The molecule has 2 rings (SSSR count). The van der Waals surface area contributed by atoms with Gasteiger partial charge in [0.2, 0.25) is 0 Å². The van der Waals surface area contributed by atoms with Gasteiger partial charge in [-0.2, -0.15) is 13.6 Å². The Hall–Kier alpha value is -1.29. The molecular weight excluding hydrogens is 549 g/mol. The number of aromatic nitrogens is 2. The lowest BCUT2D eigenvalue weighted by Crippen LogP contribution is -2.35. The first-order valence-corrected chi connectivity index (χ1v) is 14.9. The van der Waals surface area contributed by atoms with Crippen LogP contribution in [0.3, 0.4) is 0 Å². The van der Waals surface area contributed by atoms with Crippen LogP contribution in [0.2, 0.25) is 0 Å². The Balaban J connectivity index is 0.000000809. The van der Waals surface area contributed by atoms with Gasteiger partial charge in [0.15, 0.2) is 0 Å². The maximum atomic E-state index is 11.9. The van der Waals surface area contributed by atoms with Crippen molar-refractivity contribution < 1.29 is 56.6 Å². The monoisotopic (exact) mass is 580 g/mol. The highest BCUT2D eigenvalue weighted by molar-refractivity contribution is 7.66. The molecule has 0 amide bonds. The fraction of sp³-hybridized carbons (Fsp3) is 0.625. The Labute approximate surface area is 206 Å². The second-order valence-electron chi connectivity index (χ2n) is 7.19. The van der Waals surface area contributed by atoms with E-state index in [0.717, 1.165) is 10.6 Å². The first-order valence-electron chi connectivity index (χ1n) is 10.4. The zero-order chi connectivity index (χ0) is 27.9. The predicted octanol–water partition coefficient (Wildman–Crippen LogP) is -0.280. The number of nitrogen functional groups attached to an aromatic ring is 1. The predicted molar refractivity (Wildman–Crippen MR) is 125 cm³/mol. The van der Waals surface area contributed by atoms with E-state index in [1.165, 1.54) is 31.9 Å². The van der Waals surface area contributed by atoms with Crippen molar-refractivity contribution in [3.8, 4) is 0 Å². The Morgan fingerprint density at radius 2 is 1.58 bits per heavy atom. The summed E-state index contributed by atoms with van der Waals surface area (Å²) in [5.74, 6) is -0.0869. The van der Waals surface area contributed by atoms with Gasteiger partial charge in [-0.15, -0.1) is 0 Å². The molecule has 1 aromatic heterocycles. The summed E-state index contributed by atoms with van der Waals surface area (Å²) in [5.41, 5.74) is 4.28. The molecule has 0 radical (unpaired) electrons. The van der Waals surface area contributed by atoms with Crippen molar-refractivity contribution in [3.63, 3.8) is 0 Å². The van der Waals surface area contributed by atoms with Crippen molar-refractivity contribution in [3.05, 3.63) is 34.4 Å². The highest BCUT2D eigenvalue weighted by atomic mass is 31.3. The van der Waals surface area contributed by atoms with Gasteiger partial charge in [-0.05, 0) is 31.3 Å². The summed E-state index contributed by atoms with van der Waals surface area (Å²) in [6.45, 7) is 9.19. The highest BCUT2D eigenvalue weighted by Gasteiger charge is 2.42. The molecule has 0 aromatic carbocycles. The molecule has 0 fully saturated rings. The second-order valence-corrected chi connectivity index (χ2v) is 11.6. The number of hydrogen-bond donors (Lipinski definition) is 7. The molecule has 0 aliphatic heterocycles. The van der Waals surface area contributed by atoms with Crippen molar-refractivity contribution in [1.82, 2.24) is 14.5 Å². The van der Waals surface area contributed by atoms with Crippen LogP contribution in [0.4, 0.5) is 5.82 Å². The van der Waals surface area contributed by atoms with E-state index in [-0.39, 0.29) is 11.4 Å². The number of aliphatic hydroxyl groups excluding tert-OH is 2. The van der Waals surface area contributed by atoms with E-state index in [0.29, 0.717) is 0 Å². The summed E-state index contributed by atoms with van der Waals surface area (Å²) in [6.07, 6.45) is -0.957. The molecule has 1 aliphatic rings. The highest BCUT2D eigenvalue weighted by Crippen LogP contribution is 2.66. The zero-order valence-corrected chi connectivity index (χ0v) is 22.3. The van der Waals surface area contributed by atoms with E-state index in [4.69, 9.17) is 20.4 Å². The van der Waals surface area contributed by atoms with Gasteiger partial charge in [-0.3, -0.25) is 9.09 Å². The minimum absolute atomic E-state index is 0.0869. The second kappa shape index (κ2) is 13.5. The van der Waals surface area contributed by atoms with Gasteiger partial charge in [0.25, 0.3) is 0 Å². The van der Waals surface area contributed by atoms with Gasteiger partial charge in [-0.1, -0.05) is 26.8 Å². The molecule has 1 heterocycles. The number of hydrogen-bond acceptors (Lipinski definition) is 12.